The van der Waals surface area contributed by atoms with Crippen LogP contribution < -0.4 is 11.1 Å². The molecule has 0 fully saturated rings. The van der Waals surface area contributed by atoms with Crippen molar-refractivity contribution in [3.8, 4) is 0 Å². The summed E-state index contributed by atoms with van der Waals surface area (Å²) >= 11 is 10.2. The fourth-order valence-corrected chi connectivity index (χ4v) is 2.40. The molecule has 0 aliphatic heterocycles. The molecule has 7 heteroatoms. The van der Waals surface area contributed by atoms with Gasteiger partial charge in [0.25, 0.3) is 11.1 Å². The molecule has 0 spiro atoms. The molecule has 0 aliphatic rings. The Hall–Kier alpha value is -1.79. The summed E-state index contributed by atoms with van der Waals surface area (Å²) in [6.07, 6.45) is 0. The number of halogens is 1. The van der Waals surface area contributed by atoms with E-state index in [0.29, 0.717) is 20.8 Å². The molecule has 0 saturated carbocycles. The summed E-state index contributed by atoms with van der Waals surface area (Å²) in [6, 6.07) is 5.02. The van der Waals surface area contributed by atoms with Crippen LogP contribution in [0.15, 0.2) is 32.7 Å². The van der Waals surface area contributed by atoms with Crippen LogP contribution in [0.2, 0.25) is 5.02 Å². The van der Waals surface area contributed by atoms with Gasteiger partial charge in [-0.3, -0.25) is 19.8 Å². The average molecular weight is 280 g/mol. The molecule has 3 aromatic rings. The summed E-state index contributed by atoms with van der Waals surface area (Å²) in [7, 11) is 0. The van der Waals surface area contributed by atoms with Crippen molar-refractivity contribution in [1.29, 1.82) is 0 Å². The maximum absolute atomic E-state index is 11.7. The third-order valence-electron chi connectivity index (χ3n) is 2.65. The molecule has 0 aliphatic carbocycles. The molecule has 2 heterocycles. The van der Waals surface area contributed by atoms with Gasteiger partial charge in [-0.1, -0.05) is 17.7 Å². The molecule has 0 radical (unpaired) electrons. The van der Waals surface area contributed by atoms with Gasteiger partial charge in [0.2, 0.25) is 0 Å². The average Bonchev–Trinajstić information content (AvgIpc) is 2.33. The number of fused-ring (bicyclic) bond motifs is 2. The second-order valence-electron chi connectivity index (χ2n) is 3.75. The number of benzene rings is 1. The highest BCUT2D eigenvalue weighted by Gasteiger charge is 2.12. The smallest absolute Gasteiger partial charge is 0.267 e. The van der Waals surface area contributed by atoms with E-state index in [4.69, 9.17) is 11.6 Å². The van der Waals surface area contributed by atoms with Crippen molar-refractivity contribution in [3.63, 3.8) is 0 Å². The van der Waals surface area contributed by atoms with Gasteiger partial charge in [0.1, 0.15) is 5.52 Å². The zero-order valence-electron chi connectivity index (χ0n) is 8.82. The maximum atomic E-state index is 11.7. The van der Waals surface area contributed by atoms with E-state index in [9.17, 15) is 9.59 Å². The Morgan fingerprint density at radius 3 is 2.67 bits per heavy atom. The second-order valence-corrected chi connectivity index (χ2v) is 4.64. The van der Waals surface area contributed by atoms with E-state index in [1.165, 1.54) is 0 Å². The largest absolute Gasteiger partial charge is 0.289 e. The zero-order valence-corrected chi connectivity index (χ0v) is 10.5. The Labute approximate surface area is 110 Å². The lowest BCUT2D eigenvalue weighted by molar-refractivity contribution is 0.968. The van der Waals surface area contributed by atoms with E-state index in [-0.39, 0.29) is 10.9 Å². The Bertz CT molecular complexity index is 900. The minimum atomic E-state index is -0.471. The van der Waals surface area contributed by atoms with Crippen molar-refractivity contribution < 1.29 is 0 Å². The summed E-state index contributed by atoms with van der Waals surface area (Å²) in [6.45, 7) is 0. The maximum Gasteiger partial charge on any atom is 0.289 e. The molecule has 2 aromatic heterocycles. The summed E-state index contributed by atoms with van der Waals surface area (Å²) in [5.41, 5.74) is -0.324. The topological polar surface area (TPSA) is 78.6 Å². The molecule has 2 N–H and O–H groups in total. The predicted octanol–water partition coefficient (Wildman–Crippen LogP) is 1.71. The minimum absolute atomic E-state index is 0.0542. The number of hydrogen-bond acceptors (Lipinski definition) is 4. The van der Waals surface area contributed by atoms with Gasteiger partial charge in [-0.05, 0) is 12.1 Å². The van der Waals surface area contributed by atoms with Gasteiger partial charge in [-0.15, -0.1) is 12.6 Å². The van der Waals surface area contributed by atoms with Crippen molar-refractivity contribution in [3.05, 3.63) is 43.9 Å². The van der Waals surface area contributed by atoms with Crippen LogP contribution in [0.1, 0.15) is 0 Å². The van der Waals surface area contributed by atoms with Crippen LogP contribution in [0, 0.1) is 0 Å². The van der Waals surface area contributed by atoms with E-state index < -0.39 is 11.1 Å². The first kappa shape index (κ1) is 11.3. The summed E-state index contributed by atoms with van der Waals surface area (Å²) in [5.74, 6) is 0. The van der Waals surface area contributed by atoms with Crippen LogP contribution in [0.3, 0.4) is 0 Å². The number of thiol groups is 1. The van der Waals surface area contributed by atoms with Gasteiger partial charge in [0.15, 0.2) is 0 Å². The highest BCUT2D eigenvalue weighted by molar-refractivity contribution is 7.80. The first-order valence-corrected chi connectivity index (χ1v) is 5.83. The number of nitrogens with zero attached hydrogens (tertiary/aromatic N) is 1. The SMILES string of the molecule is O=c1[nH][nH]c(=O)c2c(S)c3ccc(Cl)cc3nc12. The molecule has 0 unspecified atom stereocenters. The van der Waals surface area contributed by atoms with Gasteiger partial charge in [-0.2, -0.15) is 0 Å². The molecule has 0 amide bonds. The fraction of sp³-hybridized carbons (Fsp3) is 0. The molecular formula is C11H6ClN3O2S. The van der Waals surface area contributed by atoms with Crippen molar-refractivity contribution in [2.75, 3.05) is 0 Å². The highest BCUT2D eigenvalue weighted by atomic mass is 35.5. The summed E-state index contributed by atoms with van der Waals surface area (Å²) in [5, 5.41) is 5.83. The van der Waals surface area contributed by atoms with E-state index >= 15 is 0 Å². The van der Waals surface area contributed by atoms with Gasteiger partial charge >= 0.3 is 0 Å². The zero-order chi connectivity index (χ0) is 12.9. The monoisotopic (exact) mass is 279 g/mol. The molecule has 0 atom stereocenters. The second kappa shape index (κ2) is 3.86. The Morgan fingerprint density at radius 1 is 1.17 bits per heavy atom. The van der Waals surface area contributed by atoms with Crippen LogP contribution in [0.5, 0.6) is 0 Å². The van der Waals surface area contributed by atoms with Crippen molar-refractivity contribution >= 4 is 46.0 Å². The molecule has 0 bridgehead atoms. The normalized spacial score (nSPS) is 11.2. The molecule has 18 heavy (non-hydrogen) atoms. The summed E-state index contributed by atoms with van der Waals surface area (Å²) < 4.78 is 0. The molecular weight excluding hydrogens is 274 g/mol. The molecule has 90 valence electrons. The molecule has 1 aromatic carbocycles. The lowest BCUT2D eigenvalue weighted by atomic mass is 10.1. The van der Waals surface area contributed by atoms with Gasteiger partial charge < -0.3 is 0 Å². The number of H-pyrrole nitrogens is 2. The predicted molar refractivity (Wildman–Crippen MR) is 72.8 cm³/mol. The van der Waals surface area contributed by atoms with Crippen LogP contribution in [0.4, 0.5) is 0 Å². The van der Waals surface area contributed by atoms with E-state index in [2.05, 4.69) is 27.8 Å². The van der Waals surface area contributed by atoms with Crippen LogP contribution in [0.25, 0.3) is 21.8 Å². The van der Waals surface area contributed by atoms with Gasteiger partial charge in [0.05, 0.1) is 10.9 Å². The lowest BCUT2D eigenvalue weighted by Crippen LogP contribution is -2.20. The van der Waals surface area contributed by atoms with Crippen molar-refractivity contribution in [1.82, 2.24) is 15.2 Å². The number of hydrogen-bond donors (Lipinski definition) is 3. The Morgan fingerprint density at radius 2 is 1.89 bits per heavy atom. The highest BCUT2D eigenvalue weighted by Crippen LogP contribution is 2.27. The quantitative estimate of drug-likeness (QED) is 0.433. The van der Waals surface area contributed by atoms with Crippen molar-refractivity contribution in [2.24, 2.45) is 0 Å². The van der Waals surface area contributed by atoms with Crippen LogP contribution in [-0.2, 0) is 0 Å². The lowest BCUT2D eigenvalue weighted by Gasteiger charge is -2.04. The van der Waals surface area contributed by atoms with E-state index in [0.717, 1.165) is 0 Å². The number of aromatic amines is 2. The van der Waals surface area contributed by atoms with Crippen molar-refractivity contribution in [2.45, 2.75) is 4.90 Å². The van der Waals surface area contributed by atoms with Crippen LogP contribution >= 0.6 is 24.2 Å². The first-order chi connectivity index (χ1) is 8.58. The summed E-state index contributed by atoms with van der Waals surface area (Å²) in [4.78, 5) is 28.0. The third kappa shape index (κ3) is 1.53. The fourth-order valence-electron chi connectivity index (χ4n) is 1.84. The van der Waals surface area contributed by atoms with Gasteiger partial charge in [-0.25, -0.2) is 4.98 Å². The number of pyridine rings is 1. The Balaban J connectivity index is 2.69. The molecule has 0 saturated heterocycles. The van der Waals surface area contributed by atoms with Crippen LogP contribution in [-0.4, -0.2) is 15.2 Å². The van der Waals surface area contributed by atoms with Gasteiger partial charge in [0, 0.05) is 15.3 Å². The number of aromatic nitrogens is 3. The molecule has 5 nitrogen and oxygen atoms in total. The number of rotatable bonds is 0. The standard InChI is InChI=1S/C11H6ClN3O2S/c12-4-1-2-5-6(3-4)13-8-7(9(5)18)10(16)14-15-11(8)17/h1-3H,(H,13,18)(H,14,16)(H,15,17). The number of nitrogens with one attached hydrogen (secondary N) is 2. The molecule has 3 rings (SSSR count). The first-order valence-electron chi connectivity index (χ1n) is 5.01. The van der Waals surface area contributed by atoms with E-state index in [1.807, 2.05) is 0 Å². The third-order valence-corrected chi connectivity index (χ3v) is 3.35. The minimum Gasteiger partial charge on any atom is -0.267 e. The van der Waals surface area contributed by atoms with E-state index in [1.54, 1.807) is 18.2 Å². The Kier molecular flexibility index (Phi) is 2.42.